The second-order valence-electron chi connectivity index (χ2n) is 6.09. The summed E-state index contributed by atoms with van der Waals surface area (Å²) in [5.41, 5.74) is 2.87. The van der Waals surface area contributed by atoms with Crippen LogP contribution in [-0.4, -0.2) is 11.1 Å². The zero-order chi connectivity index (χ0) is 14.8. The number of benzene rings is 1. The predicted octanol–water partition coefficient (Wildman–Crippen LogP) is 4.11. The Hall–Kier alpha value is -1.77. The minimum absolute atomic E-state index is 0.00111. The van der Waals surface area contributed by atoms with Crippen LogP contribution in [0.5, 0.6) is 5.75 Å². The van der Waals surface area contributed by atoms with E-state index in [-0.39, 0.29) is 11.7 Å². The van der Waals surface area contributed by atoms with Crippen LogP contribution in [0, 0.1) is 6.92 Å². The van der Waals surface area contributed by atoms with E-state index in [1.807, 2.05) is 12.1 Å². The molecule has 2 aromatic rings. The summed E-state index contributed by atoms with van der Waals surface area (Å²) in [6.07, 6.45) is 6.65. The summed E-state index contributed by atoms with van der Waals surface area (Å²) in [4.78, 5) is 15.4. The Kier molecular flexibility index (Phi) is 4.00. The molecule has 1 N–H and O–H groups in total. The number of H-pyrrole nitrogens is 1. The van der Waals surface area contributed by atoms with Gasteiger partial charge < -0.3 is 9.72 Å². The number of aromatic nitrogens is 1. The van der Waals surface area contributed by atoms with Gasteiger partial charge in [0.25, 0.3) is 5.56 Å². The summed E-state index contributed by atoms with van der Waals surface area (Å²) < 4.78 is 6.29. The van der Waals surface area contributed by atoms with Crippen molar-refractivity contribution in [3.8, 4) is 5.75 Å². The van der Waals surface area contributed by atoms with Crippen LogP contribution in [0.4, 0.5) is 0 Å². The fraction of sp³-hybridized carbons (Fsp3) is 0.500. The van der Waals surface area contributed by atoms with E-state index in [0.717, 1.165) is 47.9 Å². The van der Waals surface area contributed by atoms with E-state index in [9.17, 15) is 4.79 Å². The molecule has 0 aliphatic heterocycles. The molecule has 21 heavy (non-hydrogen) atoms. The molecule has 0 spiro atoms. The van der Waals surface area contributed by atoms with Crippen LogP contribution in [0.2, 0.25) is 0 Å². The van der Waals surface area contributed by atoms with E-state index in [4.69, 9.17) is 4.74 Å². The standard InChI is InChI=1S/C18H23NO2/c1-3-6-14-17(21-13-7-4-5-8-13)15-11-12(2)9-10-16(15)19-18(14)20/h9-11,13H,3-8H2,1-2H3,(H,19,20). The number of hydrogen-bond acceptors (Lipinski definition) is 2. The molecule has 0 radical (unpaired) electrons. The molecule has 1 aromatic carbocycles. The molecule has 112 valence electrons. The smallest absolute Gasteiger partial charge is 0.255 e. The quantitative estimate of drug-likeness (QED) is 0.918. The summed E-state index contributed by atoms with van der Waals surface area (Å²) in [6.45, 7) is 4.17. The first-order valence-corrected chi connectivity index (χ1v) is 8.01. The molecule has 1 aliphatic carbocycles. The normalized spacial score (nSPS) is 15.7. The molecule has 1 heterocycles. The number of aryl methyl sites for hydroxylation is 1. The van der Waals surface area contributed by atoms with E-state index in [0.29, 0.717) is 0 Å². The summed E-state index contributed by atoms with van der Waals surface area (Å²) in [5, 5.41) is 1.05. The second-order valence-corrected chi connectivity index (χ2v) is 6.09. The van der Waals surface area contributed by atoms with Gasteiger partial charge in [-0.3, -0.25) is 4.79 Å². The van der Waals surface area contributed by atoms with Crippen LogP contribution in [0.3, 0.4) is 0 Å². The van der Waals surface area contributed by atoms with E-state index in [1.54, 1.807) is 0 Å². The highest BCUT2D eigenvalue weighted by Gasteiger charge is 2.21. The van der Waals surface area contributed by atoms with Crippen LogP contribution < -0.4 is 10.3 Å². The highest BCUT2D eigenvalue weighted by molar-refractivity contribution is 5.86. The molecule has 3 heteroatoms. The lowest BCUT2D eigenvalue weighted by Crippen LogP contribution is -2.19. The van der Waals surface area contributed by atoms with Crippen molar-refractivity contribution in [1.82, 2.24) is 4.98 Å². The first kappa shape index (κ1) is 14.2. The SMILES string of the molecule is CCCc1c(OC2CCCC2)c2cc(C)ccc2[nH]c1=O. The first-order valence-electron chi connectivity index (χ1n) is 8.01. The zero-order valence-corrected chi connectivity index (χ0v) is 12.9. The van der Waals surface area contributed by atoms with Crippen molar-refractivity contribution in [1.29, 1.82) is 0 Å². The van der Waals surface area contributed by atoms with E-state index < -0.39 is 0 Å². The van der Waals surface area contributed by atoms with E-state index in [2.05, 4.69) is 24.9 Å². The van der Waals surface area contributed by atoms with Crippen molar-refractivity contribution in [3.63, 3.8) is 0 Å². The predicted molar refractivity (Wildman–Crippen MR) is 86.2 cm³/mol. The molecule has 0 atom stereocenters. The average molecular weight is 285 g/mol. The van der Waals surface area contributed by atoms with Gasteiger partial charge in [-0.25, -0.2) is 0 Å². The lowest BCUT2D eigenvalue weighted by Gasteiger charge is -2.18. The molecule has 0 amide bonds. The number of ether oxygens (including phenoxy) is 1. The van der Waals surface area contributed by atoms with Crippen LogP contribution in [0.25, 0.3) is 10.9 Å². The Morgan fingerprint density at radius 2 is 2.05 bits per heavy atom. The number of pyridine rings is 1. The molecule has 3 rings (SSSR count). The van der Waals surface area contributed by atoms with Crippen LogP contribution in [0.1, 0.15) is 50.2 Å². The Morgan fingerprint density at radius 1 is 1.29 bits per heavy atom. The van der Waals surface area contributed by atoms with Gasteiger partial charge in [0, 0.05) is 5.39 Å². The third kappa shape index (κ3) is 2.82. The molecule has 3 nitrogen and oxygen atoms in total. The van der Waals surface area contributed by atoms with Gasteiger partial charge in [0.1, 0.15) is 5.75 Å². The third-order valence-corrected chi connectivity index (χ3v) is 4.30. The Balaban J connectivity index is 2.16. The lowest BCUT2D eigenvalue weighted by molar-refractivity contribution is 0.210. The van der Waals surface area contributed by atoms with Crippen LogP contribution in [0.15, 0.2) is 23.0 Å². The monoisotopic (exact) mass is 285 g/mol. The molecular formula is C18H23NO2. The number of fused-ring (bicyclic) bond motifs is 1. The Labute approximate surface area is 125 Å². The van der Waals surface area contributed by atoms with E-state index >= 15 is 0 Å². The van der Waals surface area contributed by atoms with Gasteiger partial charge in [0.15, 0.2) is 0 Å². The number of rotatable bonds is 4. The van der Waals surface area contributed by atoms with Gasteiger partial charge in [-0.15, -0.1) is 0 Å². The summed E-state index contributed by atoms with van der Waals surface area (Å²) in [6, 6.07) is 6.12. The van der Waals surface area contributed by atoms with Gasteiger partial charge in [0.2, 0.25) is 0 Å². The van der Waals surface area contributed by atoms with Gasteiger partial charge in [-0.2, -0.15) is 0 Å². The van der Waals surface area contributed by atoms with Gasteiger partial charge in [0.05, 0.1) is 17.2 Å². The summed E-state index contributed by atoms with van der Waals surface area (Å²) >= 11 is 0. The minimum Gasteiger partial charge on any atom is -0.489 e. The van der Waals surface area contributed by atoms with Crippen molar-refractivity contribution in [3.05, 3.63) is 39.7 Å². The topological polar surface area (TPSA) is 42.1 Å². The molecule has 0 saturated heterocycles. The largest absolute Gasteiger partial charge is 0.489 e. The van der Waals surface area contributed by atoms with Crippen LogP contribution in [-0.2, 0) is 6.42 Å². The van der Waals surface area contributed by atoms with Crippen molar-refractivity contribution in [2.45, 2.75) is 58.5 Å². The Morgan fingerprint density at radius 3 is 2.76 bits per heavy atom. The fourth-order valence-electron chi connectivity index (χ4n) is 3.20. The van der Waals surface area contributed by atoms with E-state index in [1.165, 1.54) is 18.4 Å². The maximum absolute atomic E-state index is 12.4. The zero-order valence-electron chi connectivity index (χ0n) is 12.9. The summed E-state index contributed by atoms with van der Waals surface area (Å²) in [5.74, 6) is 0.825. The minimum atomic E-state index is 0.00111. The van der Waals surface area contributed by atoms with Crippen molar-refractivity contribution < 1.29 is 4.74 Å². The molecule has 0 unspecified atom stereocenters. The van der Waals surface area contributed by atoms with Gasteiger partial charge in [-0.1, -0.05) is 25.0 Å². The second kappa shape index (κ2) is 5.92. The number of nitrogens with one attached hydrogen (secondary N) is 1. The van der Waals surface area contributed by atoms with Gasteiger partial charge >= 0.3 is 0 Å². The number of hydrogen-bond donors (Lipinski definition) is 1. The maximum Gasteiger partial charge on any atom is 0.255 e. The van der Waals surface area contributed by atoms with Gasteiger partial charge in [-0.05, 0) is 51.2 Å². The molecule has 1 aliphatic rings. The third-order valence-electron chi connectivity index (χ3n) is 4.30. The molecule has 1 aromatic heterocycles. The maximum atomic E-state index is 12.4. The fourth-order valence-corrected chi connectivity index (χ4v) is 3.20. The number of aromatic amines is 1. The first-order chi connectivity index (χ1) is 10.2. The Bertz CT molecular complexity index is 696. The molecule has 0 bridgehead atoms. The summed E-state index contributed by atoms with van der Waals surface area (Å²) in [7, 11) is 0. The molecule has 1 fully saturated rings. The molecular weight excluding hydrogens is 262 g/mol. The average Bonchev–Trinajstić information content (AvgIpc) is 2.96. The van der Waals surface area contributed by atoms with Crippen molar-refractivity contribution >= 4 is 10.9 Å². The van der Waals surface area contributed by atoms with Crippen molar-refractivity contribution in [2.24, 2.45) is 0 Å². The highest BCUT2D eigenvalue weighted by Crippen LogP contribution is 2.32. The highest BCUT2D eigenvalue weighted by atomic mass is 16.5. The van der Waals surface area contributed by atoms with Crippen molar-refractivity contribution in [2.75, 3.05) is 0 Å². The molecule has 1 saturated carbocycles. The van der Waals surface area contributed by atoms with Crippen LogP contribution >= 0.6 is 0 Å². The lowest BCUT2D eigenvalue weighted by atomic mass is 10.0.